The van der Waals surface area contributed by atoms with Gasteiger partial charge in [0.2, 0.25) is 0 Å². The molecule has 0 heterocycles. The fraction of sp³-hybridized carbons (Fsp3) is 0. The van der Waals surface area contributed by atoms with E-state index >= 15 is 0 Å². The summed E-state index contributed by atoms with van der Waals surface area (Å²) in [6.45, 7) is 0. The molecule has 2 rings (SSSR count). The van der Waals surface area contributed by atoms with E-state index in [0.29, 0.717) is 11.4 Å². The number of esters is 2. The topological polar surface area (TPSA) is 122 Å². The molecule has 0 aliphatic heterocycles. The van der Waals surface area contributed by atoms with Gasteiger partial charge in [0, 0.05) is 11.4 Å². The maximum atomic E-state index is 11.6. The van der Waals surface area contributed by atoms with Crippen LogP contribution in [0.1, 0.15) is 23.6 Å². The molecule has 0 unspecified atom stereocenters. The van der Waals surface area contributed by atoms with Crippen LogP contribution in [-0.4, -0.2) is 18.1 Å². The van der Waals surface area contributed by atoms with E-state index in [1.54, 1.807) is 0 Å². The first-order valence-electron chi connectivity index (χ1n) is 6.15. The van der Waals surface area contributed by atoms with Gasteiger partial charge in [-0.25, -0.2) is 14.4 Å². The Labute approximate surface area is 226 Å². The monoisotopic (exact) mass is 380 g/mol. The van der Waals surface area contributed by atoms with Gasteiger partial charge >= 0.3 is 121 Å². The average Bonchev–Trinajstić information content (AvgIpc) is 2.48. The van der Waals surface area contributed by atoms with Gasteiger partial charge in [-0.15, -0.1) is 0 Å². The van der Waals surface area contributed by atoms with Crippen molar-refractivity contribution >= 4 is 29.5 Å². The van der Waals surface area contributed by atoms with Crippen LogP contribution in [0.4, 0.5) is 16.2 Å². The molecular weight excluding hydrogens is 366 g/mol. The van der Waals surface area contributed by atoms with Crippen molar-refractivity contribution in [3.05, 3.63) is 59.7 Å². The summed E-state index contributed by atoms with van der Waals surface area (Å²) in [5, 5.41) is 0. The van der Waals surface area contributed by atoms with Gasteiger partial charge in [-0.2, -0.15) is 0 Å². The molecule has 0 fully saturated rings. The smallest absolute Gasteiger partial charge is 1.00 e. The van der Waals surface area contributed by atoms with E-state index in [2.05, 4.69) is 9.47 Å². The Hall–Kier alpha value is -0.0773. The second kappa shape index (κ2) is 11.5. The molecule has 2 aromatic carbocycles. The number of nitrogen functional groups attached to an aromatic ring is 2. The molecule has 0 bridgehead atoms. The van der Waals surface area contributed by atoms with Gasteiger partial charge in [-0.05, 0) is 48.5 Å². The van der Waals surface area contributed by atoms with Crippen LogP contribution in [0.25, 0.3) is 0 Å². The first-order chi connectivity index (χ1) is 10.5. The van der Waals surface area contributed by atoms with Crippen LogP contribution in [0.15, 0.2) is 48.5 Å². The number of nitrogens with two attached hydrogens (primary N) is 2. The number of hydrogen-bond donors (Lipinski definition) is 2. The van der Waals surface area contributed by atoms with Crippen molar-refractivity contribution in [1.82, 2.24) is 0 Å². The second-order valence-electron chi connectivity index (χ2n) is 4.27. The Morgan fingerprint density at radius 1 is 0.667 bits per heavy atom. The average molecular weight is 380 g/mol. The maximum Gasteiger partial charge on any atom is 1.00 e. The summed E-state index contributed by atoms with van der Waals surface area (Å²) >= 11 is 0. The number of carbonyl (C=O) groups is 3. The molecule has 0 aromatic heterocycles. The van der Waals surface area contributed by atoms with Crippen LogP contribution in [-0.2, 0) is 9.47 Å². The zero-order valence-electron chi connectivity index (χ0n) is 15.3. The summed E-state index contributed by atoms with van der Waals surface area (Å²) in [6.07, 6.45) is -1.41. The van der Waals surface area contributed by atoms with E-state index in [4.69, 9.17) is 11.5 Å². The molecule has 9 heteroatoms. The summed E-state index contributed by atoms with van der Waals surface area (Å²) in [7, 11) is 0. The molecule has 116 valence electrons. The molecular formula is C15H14K2N2O5. The third-order valence-corrected chi connectivity index (χ3v) is 2.64. The van der Waals surface area contributed by atoms with Crippen LogP contribution >= 0.6 is 0 Å². The molecule has 0 saturated carbocycles. The summed E-state index contributed by atoms with van der Waals surface area (Å²) in [5.41, 5.74) is 12.1. The zero-order chi connectivity index (χ0) is 16.1. The molecule has 4 N–H and O–H groups in total. The first-order valence-corrected chi connectivity index (χ1v) is 6.15. The maximum absolute atomic E-state index is 11.6. The van der Waals surface area contributed by atoms with E-state index in [1.165, 1.54) is 48.5 Å². The minimum Gasteiger partial charge on any atom is -1.00 e. The number of ether oxygens (including phenoxy) is 2. The van der Waals surface area contributed by atoms with Gasteiger partial charge in [0.05, 0.1) is 11.1 Å². The summed E-state index contributed by atoms with van der Waals surface area (Å²) in [4.78, 5) is 34.7. The van der Waals surface area contributed by atoms with E-state index < -0.39 is 18.1 Å². The van der Waals surface area contributed by atoms with Crippen molar-refractivity contribution in [2.24, 2.45) is 0 Å². The normalized spacial score (nSPS) is 9.00. The number of hydrogen-bond acceptors (Lipinski definition) is 7. The Bertz CT molecular complexity index is 666. The van der Waals surface area contributed by atoms with Crippen molar-refractivity contribution in [3.63, 3.8) is 0 Å². The van der Waals surface area contributed by atoms with Gasteiger partial charge in [0.15, 0.2) is 0 Å². The van der Waals surface area contributed by atoms with E-state index in [9.17, 15) is 14.4 Å². The molecule has 0 radical (unpaired) electrons. The molecule has 24 heavy (non-hydrogen) atoms. The fourth-order valence-electron chi connectivity index (χ4n) is 1.53. The largest absolute Gasteiger partial charge is 1.00 e. The Morgan fingerprint density at radius 2 is 0.958 bits per heavy atom. The Morgan fingerprint density at radius 3 is 1.25 bits per heavy atom. The van der Waals surface area contributed by atoms with Gasteiger partial charge in [-0.1, -0.05) is 0 Å². The first kappa shape index (κ1) is 23.9. The fourth-order valence-corrected chi connectivity index (χ4v) is 1.53. The van der Waals surface area contributed by atoms with Crippen LogP contribution in [0.5, 0.6) is 0 Å². The Balaban J connectivity index is -0.00000132. The van der Waals surface area contributed by atoms with E-state index in [0.717, 1.165) is 0 Å². The SMILES string of the molecule is Nc1ccc(C(=O)OC(=O)OC(=O)c2ccc(N)cc2)cc1.[H-].[H-].[K+].[K+]. The van der Waals surface area contributed by atoms with Crippen LogP contribution in [0.3, 0.4) is 0 Å². The molecule has 0 spiro atoms. The van der Waals surface area contributed by atoms with Crippen LogP contribution < -0.4 is 114 Å². The molecule has 0 aliphatic rings. The van der Waals surface area contributed by atoms with Crippen LogP contribution in [0.2, 0.25) is 0 Å². The molecule has 0 aliphatic carbocycles. The third kappa shape index (κ3) is 7.44. The minimum atomic E-state index is -1.41. The number of carbonyl (C=O) groups excluding carboxylic acids is 3. The minimum absolute atomic E-state index is 0. The molecule has 0 amide bonds. The van der Waals surface area contributed by atoms with E-state index in [1.807, 2.05) is 0 Å². The molecule has 7 nitrogen and oxygen atoms in total. The van der Waals surface area contributed by atoms with Crippen molar-refractivity contribution in [2.75, 3.05) is 11.5 Å². The number of anilines is 2. The second-order valence-corrected chi connectivity index (χ2v) is 4.27. The quantitative estimate of drug-likeness (QED) is 0.237. The standard InChI is InChI=1S/C15H12N2O5.2K.2H/c16-11-5-1-9(2-6-11)13(18)21-15(20)22-14(19)10-3-7-12(17)8-4-10;;;;/h1-8H,16-17H2;;;;/q;2*+1;2*-1. The van der Waals surface area contributed by atoms with Crippen molar-refractivity contribution in [3.8, 4) is 0 Å². The zero-order valence-corrected chi connectivity index (χ0v) is 19.6. The van der Waals surface area contributed by atoms with Crippen LogP contribution in [0, 0.1) is 0 Å². The van der Waals surface area contributed by atoms with Gasteiger partial charge < -0.3 is 23.8 Å². The third-order valence-electron chi connectivity index (χ3n) is 2.64. The van der Waals surface area contributed by atoms with Gasteiger partial charge in [0.25, 0.3) is 0 Å². The predicted octanol–water partition coefficient (Wildman–Crippen LogP) is -3.78. The molecule has 0 saturated heterocycles. The summed E-state index contributed by atoms with van der Waals surface area (Å²) in [5.74, 6) is -1.90. The summed E-state index contributed by atoms with van der Waals surface area (Å²) < 4.78 is 8.81. The number of benzene rings is 2. The summed E-state index contributed by atoms with van der Waals surface area (Å²) in [6, 6.07) is 11.4. The molecule has 2 aromatic rings. The number of rotatable bonds is 2. The van der Waals surface area contributed by atoms with Gasteiger partial charge in [-0.3, -0.25) is 0 Å². The predicted molar refractivity (Wildman–Crippen MR) is 80.2 cm³/mol. The van der Waals surface area contributed by atoms with Crippen molar-refractivity contribution < 1.29 is 129 Å². The molecule has 0 atom stereocenters. The van der Waals surface area contributed by atoms with Crippen molar-refractivity contribution in [1.29, 1.82) is 0 Å². The van der Waals surface area contributed by atoms with Gasteiger partial charge in [0.1, 0.15) is 0 Å². The Kier molecular flexibility index (Phi) is 11.5. The van der Waals surface area contributed by atoms with E-state index in [-0.39, 0.29) is 117 Å². The van der Waals surface area contributed by atoms with Crippen molar-refractivity contribution in [2.45, 2.75) is 0 Å².